The van der Waals surface area contributed by atoms with Crippen molar-refractivity contribution < 1.29 is 9.69 Å². The maximum Gasteiger partial charge on any atom is 0.230 e. The van der Waals surface area contributed by atoms with E-state index in [1.165, 1.54) is 16.0 Å². The smallest absolute Gasteiger partial charge is 0.230 e. The Bertz CT molecular complexity index is 666. The number of benzene rings is 2. The summed E-state index contributed by atoms with van der Waals surface area (Å²) >= 11 is 1.59. The predicted molar refractivity (Wildman–Crippen MR) is 106 cm³/mol. The minimum atomic E-state index is 0.0740. The molecule has 2 aromatic rings. The first kappa shape index (κ1) is 19.5. The van der Waals surface area contributed by atoms with Crippen LogP contribution in [0.5, 0.6) is 0 Å². The van der Waals surface area contributed by atoms with Crippen LogP contribution < -0.4 is 10.2 Å². The molecule has 0 aliphatic rings. The second-order valence-electron chi connectivity index (χ2n) is 6.28. The number of rotatable bonds is 9. The molecule has 0 bridgehead atoms. The largest absolute Gasteiger partial charge is 0.351 e. The van der Waals surface area contributed by atoms with Crippen molar-refractivity contribution in [1.82, 2.24) is 5.32 Å². The van der Waals surface area contributed by atoms with Gasteiger partial charge >= 0.3 is 0 Å². The molecule has 0 aromatic heterocycles. The van der Waals surface area contributed by atoms with Crippen LogP contribution in [0, 0.1) is 6.92 Å². The number of thioether (sulfide) groups is 1. The van der Waals surface area contributed by atoms with Crippen molar-refractivity contribution in [1.29, 1.82) is 0 Å². The number of amides is 1. The van der Waals surface area contributed by atoms with Crippen molar-refractivity contribution >= 4 is 17.7 Å². The third-order valence-corrected chi connectivity index (χ3v) is 5.59. The van der Waals surface area contributed by atoms with E-state index in [4.69, 9.17) is 0 Å². The van der Waals surface area contributed by atoms with Gasteiger partial charge in [0.15, 0.2) is 0 Å². The van der Waals surface area contributed by atoms with Gasteiger partial charge in [-0.2, -0.15) is 0 Å². The Hall–Kier alpha value is -1.78. The van der Waals surface area contributed by atoms with Crippen LogP contribution >= 0.6 is 11.8 Å². The van der Waals surface area contributed by atoms with Crippen LogP contribution in [0.2, 0.25) is 0 Å². The lowest BCUT2D eigenvalue weighted by molar-refractivity contribution is -0.910. The Morgan fingerprint density at radius 3 is 2.28 bits per heavy atom. The standard InChI is InChI=1S/C21H28N2OS/c1-4-23(5-2)15-19-12-10-18(11-13-19)14-22-21(24)16-25-20-9-7-6-8-17(20)3/h6-13H,4-5,14-16H2,1-3H3,(H,22,24)/p+1. The van der Waals surface area contributed by atoms with E-state index in [1.54, 1.807) is 16.7 Å². The third-order valence-electron chi connectivity index (χ3n) is 4.42. The lowest BCUT2D eigenvalue weighted by atomic mass is 10.1. The summed E-state index contributed by atoms with van der Waals surface area (Å²) in [5.41, 5.74) is 3.71. The van der Waals surface area contributed by atoms with Crippen molar-refractivity contribution in [3.8, 4) is 0 Å². The Morgan fingerprint density at radius 2 is 1.64 bits per heavy atom. The van der Waals surface area contributed by atoms with Crippen molar-refractivity contribution in [2.75, 3.05) is 18.8 Å². The lowest BCUT2D eigenvalue weighted by Gasteiger charge is -2.15. The van der Waals surface area contributed by atoms with Gasteiger partial charge in [-0.3, -0.25) is 4.79 Å². The highest BCUT2D eigenvalue weighted by molar-refractivity contribution is 8.00. The summed E-state index contributed by atoms with van der Waals surface area (Å²) in [6.45, 7) is 10.5. The van der Waals surface area contributed by atoms with Crippen molar-refractivity contribution in [3.05, 3.63) is 65.2 Å². The van der Waals surface area contributed by atoms with E-state index in [9.17, 15) is 4.79 Å². The van der Waals surface area contributed by atoms with Crippen LogP contribution in [0.25, 0.3) is 0 Å². The molecule has 134 valence electrons. The van der Waals surface area contributed by atoms with Gasteiger partial charge in [-0.05, 0) is 38.0 Å². The minimum absolute atomic E-state index is 0.0740. The number of aryl methyl sites for hydroxylation is 1. The van der Waals surface area contributed by atoms with Crippen LogP contribution in [0.15, 0.2) is 53.4 Å². The molecule has 0 atom stereocenters. The third kappa shape index (κ3) is 6.56. The number of quaternary nitrogens is 1. The van der Waals surface area contributed by atoms with Crippen LogP contribution in [0.1, 0.15) is 30.5 Å². The molecule has 2 rings (SSSR count). The number of nitrogens with one attached hydrogen (secondary N) is 2. The molecule has 3 nitrogen and oxygen atoms in total. The van der Waals surface area contributed by atoms with Gasteiger partial charge in [-0.15, -0.1) is 11.8 Å². The van der Waals surface area contributed by atoms with E-state index < -0.39 is 0 Å². The molecule has 4 heteroatoms. The molecule has 0 saturated carbocycles. The number of carbonyl (C=O) groups excluding carboxylic acids is 1. The molecule has 0 unspecified atom stereocenters. The molecule has 2 aromatic carbocycles. The zero-order valence-corrected chi connectivity index (χ0v) is 16.3. The quantitative estimate of drug-likeness (QED) is 0.677. The maximum atomic E-state index is 12.1. The van der Waals surface area contributed by atoms with E-state index >= 15 is 0 Å². The molecule has 0 saturated heterocycles. The molecule has 0 aliphatic carbocycles. The van der Waals surface area contributed by atoms with E-state index in [0.29, 0.717) is 12.3 Å². The van der Waals surface area contributed by atoms with Gasteiger partial charge in [0.25, 0.3) is 0 Å². The Morgan fingerprint density at radius 1 is 1.00 bits per heavy atom. The Labute approximate surface area is 155 Å². The average molecular weight is 358 g/mol. The highest BCUT2D eigenvalue weighted by atomic mass is 32.2. The van der Waals surface area contributed by atoms with Crippen molar-refractivity contribution in [2.45, 2.75) is 38.8 Å². The van der Waals surface area contributed by atoms with Gasteiger partial charge in [-0.25, -0.2) is 0 Å². The van der Waals surface area contributed by atoms with E-state index in [1.807, 2.05) is 12.1 Å². The fraction of sp³-hybridized carbons (Fsp3) is 0.381. The van der Waals surface area contributed by atoms with E-state index in [-0.39, 0.29) is 5.91 Å². The first-order valence-electron chi connectivity index (χ1n) is 8.98. The zero-order chi connectivity index (χ0) is 18.1. The summed E-state index contributed by atoms with van der Waals surface area (Å²) in [5.74, 6) is 0.527. The first-order chi connectivity index (χ1) is 12.1. The highest BCUT2D eigenvalue weighted by Crippen LogP contribution is 2.21. The van der Waals surface area contributed by atoms with Crippen LogP contribution in [0.4, 0.5) is 0 Å². The van der Waals surface area contributed by atoms with Gasteiger partial charge < -0.3 is 10.2 Å². The SMILES string of the molecule is CC[NH+](CC)Cc1ccc(CNC(=O)CSc2ccccc2C)cc1. The molecule has 0 aliphatic heterocycles. The summed E-state index contributed by atoms with van der Waals surface area (Å²) in [7, 11) is 0. The normalized spacial score (nSPS) is 10.9. The first-order valence-corrected chi connectivity index (χ1v) is 9.97. The molecular weight excluding hydrogens is 328 g/mol. The summed E-state index contributed by atoms with van der Waals surface area (Å²) in [6.07, 6.45) is 0. The summed E-state index contributed by atoms with van der Waals surface area (Å²) in [4.78, 5) is 14.8. The molecule has 25 heavy (non-hydrogen) atoms. The van der Waals surface area contributed by atoms with Gasteiger partial charge in [-0.1, -0.05) is 42.5 Å². The monoisotopic (exact) mass is 357 g/mol. The van der Waals surface area contributed by atoms with Gasteiger partial charge in [0.1, 0.15) is 6.54 Å². The number of hydrogen-bond acceptors (Lipinski definition) is 2. The number of hydrogen-bond donors (Lipinski definition) is 2. The van der Waals surface area contributed by atoms with Crippen LogP contribution in [-0.4, -0.2) is 24.7 Å². The molecular formula is C21H29N2OS+. The Balaban J connectivity index is 1.77. The van der Waals surface area contributed by atoms with E-state index in [0.717, 1.165) is 25.2 Å². The fourth-order valence-corrected chi connectivity index (χ4v) is 3.54. The second-order valence-corrected chi connectivity index (χ2v) is 7.30. The van der Waals surface area contributed by atoms with Crippen LogP contribution in [0.3, 0.4) is 0 Å². The van der Waals surface area contributed by atoms with E-state index in [2.05, 4.69) is 62.5 Å². The molecule has 0 heterocycles. The summed E-state index contributed by atoms with van der Waals surface area (Å²) < 4.78 is 0. The fourth-order valence-electron chi connectivity index (χ4n) is 2.68. The minimum Gasteiger partial charge on any atom is -0.351 e. The molecule has 0 fully saturated rings. The maximum absolute atomic E-state index is 12.1. The zero-order valence-electron chi connectivity index (χ0n) is 15.5. The summed E-state index contributed by atoms with van der Waals surface area (Å²) in [5, 5.41) is 3.01. The van der Waals surface area contributed by atoms with Crippen molar-refractivity contribution in [2.24, 2.45) is 0 Å². The lowest BCUT2D eigenvalue weighted by Crippen LogP contribution is -3.10. The summed E-state index contributed by atoms with van der Waals surface area (Å²) in [6, 6.07) is 16.7. The second kappa shape index (κ2) is 10.3. The Kier molecular flexibility index (Phi) is 8.02. The predicted octanol–water partition coefficient (Wildman–Crippen LogP) is 2.83. The van der Waals surface area contributed by atoms with Gasteiger partial charge in [0, 0.05) is 17.0 Å². The number of carbonyl (C=O) groups is 1. The van der Waals surface area contributed by atoms with Gasteiger partial charge in [0.05, 0.1) is 18.8 Å². The topological polar surface area (TPSA) is 33.5 Å². The molecule has 1 amide bonds. The van der Waals surface area contributed by atoms with Gasteiger partial charge in [0.2, 0.25) is 5.91 Å². The molecule has 0 radical (unpaired) electrons. The molecule has 2 N–H and O–H groups in total. The highest BCUT2D eigenvalue weighted by Gasteiger charge is 2.06. The van der Waals surface area contributed by atoms with Crippen LogP contribution in [-0.2, 0) is 17.9 Å². The molecule has 0 spiro atoms. The average Bonchev–Trinajstić information content (AvgIpc) is 2.64. The van der Waals surface area contributed by atoms with Crippen molar-refractivity contribution in [3.63, 3.8) is 0 Å².